The molecule has 1 atom stereocenters. The molecule has 3 fully saturated rings. The van der Waals surface area contributed by atoms with E-state index < -0.39 is 15.9 Å². The summed E-state index contributed by atoms with van der Waals surface area (Å²) in [5.41, 5.74) is -0.0492. The van der Waals surface area contributed by atoms with Crippen LogP contribution in [0.1, 0.15) is 44.6 Å². The maximum Gasteiger partial charge on any atom is 0.283 e. The van der Waals surface area contributed by atoms with Crippen molar-refractivity contribution in [1.29, 1.82) is 0 Å². The number of anilines is 1. The van der Waals surface area contributed by atoms with E-state index in [2.05, 4.69) is 10.00 Å². The minimum atomic E-state index is -4.14. The number of aromatic nitrogens is 2. The van der Waals surface area contributed by atoms with Gasteiger partial charge in [0.05, 0.1) is 33.0 Å². The van der Waals surface area contributed by atoms with Gasteiger partial charge in [0.2, 0.25) is 0 Å². The van der Waals surface area contributed by atoms with Crippen molar-refractivity contribution < 1.29 is 21.9 Å². The predicted octanol–water partition coefficient (Wildman–Crippen LogP) is 5.33. The Balaban J connectivity index is 1.46. The molecule has 1 saturated carbocycles. The van der Waals surface area contributed by atoms with Crippen LogP contribution in [0.5, 0.6) is 0 Å². The van der Waals surface area contributed by atoms with Gasteiger partial charge in [0, 0.05) is 24.6 Å². The Kier molecular flexibility index (Phi) is 4.68. The summed E-state index contributed by atoms with van der Waals surface area (Å²) in [5.74, 6) is -2.51. The van der Waals surface area contributed by atoms with Gasteiger partial charge in [-0.15, -0.1) is 5.10 Å². The van der Waals surface area contributed by atoms with E-state index in [0.717, 1.165) is 61.9 Å². The van der Waals surface area contributed by atoms with Gasteiger partial charge < -0.3 is 9.64 Å². The summed E-state index contributed by atoms with van der Waals surface area (Å²) in [6.45, 7) is 2.27. The maximum atomic E-state index is 13.6. The second kappa shape index (κ2) is 7.15. The third-order valence-electron chi connectivity index (χ3n) is 7.56. The van der Waals surface area contributed by atoms with Gasteiger partial charge in [-0.25, -0.2) is 8.78 Å². The first-order valence-corrected chi connectivity index (χ1v) is 13.2. The van der Waals surface area contributed by atoms with E-state index in [1.54, 1.807) is 18.2 Å². The molecule has 0 N–H and O–H groups in total. The Morgan fingerprint density at radius 3 is 2.38 bits per heavy atom. The summed E-state index contributed by atoms with van der Waals surface area (Å²) in [4.78, 5) is 2.10. The fraction of sp³-hybridized carbons (Fsp3) is 0.458. The van der Waals surface area contributed by atoms with Gasteiger partial charge in [-0.2, -0.15) is 12.5 Å². The summed E-state index contributed by atoms with van der Waals surface area (Å²) in [6.07, 6.45) is 4.80. The first-order valence-electron chi connectivity index (χ1n) is 11.4. The fourth-order valence-corrected chi connectivity index (χ4v) is 6.99. The van der Waals surface area contributed by atoms with Gasteiger partial charge in [0.1, 0.15) is 0 Å². The average Bonchev–Trinajstić information content (AvgIpc) is 3.40. The quantitative estimate of drug-likeness (QED) is 0.477. The van der Waals surface area contributed by atoms with E-state index in [4.69, 9.17) is 16.3 Å². The van der Waals surface area contributed by atoms with E-state index in [1.165, 1.54) is 12.1 Å². The number of ether oxygens (including phenoxy) is 1. The minimum absolute atomic E-state index is 0.0652. The molecule has 2 saturated heterocycles. The van der Waals surface area contributed by atoms with Crippen molar-refractivity contribution >= 4 is 38.3 Å². The van der Waals surface area contributed by atoms with Crippen LogP contribution in [0.4, 0.5) is 14.6 Å². The molecule has 6 rings (SSSR count). The lowest BCUT2D eigenvalue weighted by atomic mass is 9.79. The van der Waals surface area contributed by atoms with Crippen LogP contribution in [0, 0.1) is 0 Å². The van der Waals surface area contributed by atoms with Gasteiger partial charge in [-0.1, -0.05) is 29.8 Å². The van der Waals surface area contributed by atoms with E-state index in [9.17, 15) is 17.2 Å². The molecule has 1 aliphatic carbocycles. The van der Waals surface area contributed by atoms with E-state index in [0.29, 0.717) is 28.3 Å². The Morgan fingerprint density at radius 1 is 1.09 bits per heavy atom. The second-order valence-corrected chi connectivity index (χ2v) is 12.0. The second-order valence-electron chi connectivity index (χ2n) is 9.80. The fourth-order valence-electron chi connectivity index (χ4n) is 5.46. The van der Waals surface area contributed by atoms with Crippen molar-refractivity contribution in [3.05, 3.63) is 53.1 Å². The predicted molar refractivity (Wildman–Crippen MR) is 125 cm³/mol. The zero-order valence-corrected chi connectivity index (χ0v) is 20.2. The average molecular weight is 508 g/mol. The van der Waals surface area contributed by atoms with Gasteiger partial charge in [0.15, 0.2) is 5.82 Å². The number of piperidine rings is 1. The molecule has 1 aromatic heterocycles. The number of halogens is 3. The smallest absolute Gasteiger partial charge is 0.283 e. The summed E-state index contributed by atoms with van der Waals surface area (Å²) in [7, 11) is -4.14. The van der Waals surface area contributed by atoms with Crippen molar-refractivity contribution in [2.24, 2.45) is 0 Å². The SMILES string of the molecule is CC(F)(F)c1ccc(S(=O)(=O)n2nc(N3CCC4(CCO4)CC34CC4)c3c(Cl)cccc32)cc1. The van der Waals surface area contributed by atoms with Crippen LogP contribution >= 0.6 is 11.6 Å². The summed E-state index contributed by atoms with van der Waals surface area (Å²) in [6, 6.07) is 9.74. The zero-order valence-electron chi connectivity index (χ0n) is 18.6. The molecule has 0 bridgehead atoms. The lowest BCUT2D eigenvalue weighted by molar-refractivity contribution is -0.166. The number of hydrogen-bond donors (Lipinski definition) is 0. The molecule has 6 nitrogen and oxygen atoms in total. The van der Waals surface area contributed by atoms with Crippen molar-refractivity contribution in [3.63, 3.8) is 0 Å². The molecule has 34 heavy (non-hydrogen) atoms. The normalized spacial score (nSPS) is 24.1. The zero-order chi connectivity index (χ0) is 23.9. The van der Waals surface area contributed by atoms with Crippen LogP contribution in [-0.4, -0.2) is 41.9 Å². The number of hydrogen-bond acceptors (Lipinski definition) is 5. The largest absolute Gasteiger partial charge is 0.375 e. The highest BCUT2D eigenvalue weighted by Gasteiger charge is 2.59. The number of nitrogens with zero attached hydrogens (tertiary/aromatic N) is 3. The Morgan fingerprint density at radius 2 is 1.79 bits per heavy atom. The van der Waals surface area contributed by atoms with Gasteiger partial charge in [0.25, 0.3) is 15.9 Å². The van der Waals surface area contributed by atoms with Crippen molar-refractivity contribution in [3.8, 4) is 0 Å². The summed E-state index contributed by atoms with van der Waals surface area (Å²) in [5, 5.41) is 5.61. The van der Waals surface area contributed by atoms with Gasteiger partial charge in [-0.05, 0) is 56.4 Å². The molecule has 3 heterocycles. The minimum Gasteiger partial charge on any atom is -0.375 e. The van der Waals surface area contributed by atoms with Crippen LogP contribution < -0.4 is 4.90 Å². The molecule has 2 spiro atoms. The molecular formula is C24H24ClF2N3O3S. The highest BCUT2D eigenvalue weighted by molar-refractivity contribution is 7.90. The monoisotopic (exact) mass is 507 g/mol. The molecule has 1 unspecified atom stereocenters. The Labute approximate surface area is 201 Å². The molecule has 2 aliphatic heterocycles. The number of benzene rings is 2. The van der Waals surface area contributed by atoms with E-state index >= 15 is 0 Å². The number of rotatable bonds is 4. The van der Waals surface area contributed by atoms with Crippen molar-refractivity contribution in [1.82, 2.24) is 9.19 Å². The van der Waals surface area contributed by atoms with Crippen LogP contribution in [0.25, 0.3) is 10.9 Å². The lowest BCUT2D eigenvalue weighted by Gasteiger charge is -2.52. The molecule has 180 valence electrons. The summed E-state index contributed by atoms with van der Waals surface area (Å²) >= 11 is 6.59. The number of alkyl halides is 2. The third kappa shape index (κ3) is 3.27. The van der Waals surface area contributed by atoms with E-state index in [1.807, 2.05) is 0 Å². The van der Waals surface area contributed by atoms with Crippen LogP contribution in [-0.2, 0) is 20.7 Å². The van der Waals surface area contributed by atoms with Crippen molar-refractivity contribution in [2.45, 2.75) is 61.0 Å². The molecule has 3 aliphatic rings. The van der Waals surface area contributed by atoms with E-state index in [-0.39, 0.29) is 21.6 Å². The van der Waals surface area contributed by atoms with Crippen LogP contribution in [0.15, 0.2) is 47.4 Å². The highest BCUT2D eigenvalue weighted by atomic mass is 35.5. The van der Waals surface area contributed by atoms with Crippen LogP contribution in [0.3, 0.4) is 0 Å². The summed E-state index contributed by atoms with van der Waals surface area (Å²) < 4.78 is 61.4. The lowest BCUT2D eigenvalue weighted by Crippen LogP contribution is -2.58. The topological polar surface area (TPSA) is 64.4 Å². The van der Waals surface area contributed by atoms with Gasteiger partial charge >= 0.3 is 0 Å². The standard InChI is InChI=1S/C24H24ClF2N3O3S/c1-22(26,27)16-5-7-17(8-6-16)34(31,32)30-19-4-2-3-18(25)20(19)21(28-30)29-13-11-24(12-14-33-24)15-23(29)9-10-23/h2-8H,9-15H2,1H3. The Bertz CT molecular complexity index is 1390. The molecule has 10 heteroatoms. The molecule has 2 aromatic carbocycles. The van der Waals surface area contributed by atoms with Crippen LogP contribution in [0.2, 0.25) is 5.02 Å². The first kappa shape index (κ1) is 22.2. The molecule has 0 amide bonds. The highest BCUT2D eigenvalue weighted by Crippen LogP contribution is 2.57. The van der Waals surface area contributed by atoms with Gasteiger partial charge in [-0.3, -0.25) is 0 Å². The first-order chi connectivity index (χ1) is 16.0. The number of fused-ring (bicyclic) bond motifs is 1. The van der Waals surface area contributed by atoms with Crippen molar-refractivity contribution in [2.75, 3.05) is 18.1 Å². The molecule has 0 radical (unpaired) electrons. The molecular weight excluding hydrogens is 484 g/mol. The maximum absolute atomic E-state index is 13.6. The Hall–Kier alpha value is -2.23. The third-order valence-corrected chi connectivity index (χ3v) is 9.47. The molecule has 3 aromatic rings.